The summed E-state index contributed by atoms with van der Waals surface area (Å²) < 4.78 is 5.86. The molecule has 1 aliphatic rings. The van der Waals surface area contributed by atoms with Gasteiger partial charge in [0.25, 0.3) is 0 Å². The van der Waals surface area contributed by atoms with Crippen molar-refractivity contribution in [3.8, 4) is 0 Å². The zero-order valence-corrected chi connectivity index (χ0v) is 12.2. The van der Waals surface area contributed by atoms with Crippen LogP contribution in [0.1, 0.15) is 24.8 Å². The number of esters is 1. The van der Waals surface area contributed by atoms with E-state index in [0.717, 1.165) is 41.7 Å². The van der Waals surface area contributed by atoms with E-state index in [2.05, 4.69) is 25.8 Å². The van der Waals surface area contributed by atoms with Gasteiger partial charge in [0.05, 0.1) is 7.11 Å². The number of halogens is 1. The molecule has 0 aliphatic carbocycles. The molecular weight excluding hydrogens is 296 g/mol. The van der Waals surface area contributed by atoms with Crippen LogP contribution in [0, 0.1) is 6.92 Å². The number of hydrogen-bond acceptors (Lipinski definition) is 4. The van der Waals surface area contributed by atoms with E-state index in [1.54, 1.807) is 6.20 Å². The Morgan fingerprint density at radius 3 is 3.00 bits per heavy atom. The van der Waals surface area contributed by atoms with Gasteiger partial charge in [-0.05, 0) is 53.7 Å². The van der Waals surface area contributed by atoms with Crippen molar-refractivity contribution in [1.29, 1.82) is 0 Å². The van der Waals surface area contributed by atoms with Gasteiger partial charge >= 0.3 is 5.97 Å². The van der Waals surface area contributed by atoms with Crippen molar-refractivity contribution in [2.75, 3.05) is 18.6 Å². The Labute approximate surface area is 115 Å². The summed E-state index contributed by atoms with van der Waals surface area (Å²) in [4.78, 5) is 18.3. The number of nitrogens with zero attached hydrogens (tertiary/aromatic N) is 2. The van der Waals surface area contributed by atoms with Crippen LogP contribution in [0.4, 0.5) is 5.82 Å². The predicted octanol–water partition coefficient (Wildman–Crippen LogP) is 2.68. The standard InChI is InChI=1S/C13H17BrN2O2/c1-9-7-12(15-8-10(9)14)16-6-4-3-5-11(16)13(17)18-2/h7-8,11H,3-6H2,1-2H3. The van der Waals surface area contributed by atoms with Crippen LogP contribution < -0.4 is 4.90 Å². The molecule has 1 saturated heterocycles. The number of anilines is 1. The fraction of sp³-hybridized carbons (Fsp3) is 0.538. The van der Waals surface area contributed by atoms with Crippen molar-refractivity contribution < 1.29 is 9.53 Å². The van der Waals surface area contributed by atoms with Gasteiger partial charge < -0.3 is 9.64 Å². The highest BCUT2D eigenvalue weighted by molar-refractivity contribution is 9.10. The first kappa shape index (κ1) is 13.3. The summed E-state index contributed by atoms with van der Waals surface area (Å²) >= 11 is 3.44. The molecule has 2 rings (SSSR count). The number of rotatable bonds is 2. The number of aromatic nitrogens is 1. The Hall–Kier alpha value is -1.10. The van der Waals surface area contributed by atoms with E-state index in [1.165, 1.54) is 7.11 Å². The smallest absolute Gasteiger partial charge is 0.328 e. The molecule has 1 atom stereocenters. The number of carbonyl (C=O) groups excluding carboxylic acids is 1. The Balaban J connectivity index is 2.27. The highest BCUT2D eigenvalue weighted by Gasteiger charge is 2.30. The van der Waals surface area contributed by atoms with Crippen LogP contribution in [-0.2, 0) is 9.53 Å². The molecule has 1 fully saturated rings. The average molecular weight is 313 g/mol. The van der Waals surface area contributed by atoms with Crippen molar-refractivity contribution in [1.82, 2.24) is 4.98 Å². The summed E-state index contributed by atoms with van der Waals surface area (Å²) in [6.45, 7) is 2.88. The summed E-state index contributed by atoms with van der Waals surface area (Å²) in [7, 11) is 1.44. The zero-order chi connectivity index (χ0) is 13.1. The lowest BCUT2D eigenvalue weighted by Crippen LogP contribution is -2.45. The normalized spacial score (nSPS) is 19.7. The fourth-order valence-electron chi connectivity index (χ4n) is 2.27. The second-order valence-corrected chi connectivity index (χ2v) is 5.37. The second kappa shape index (κ2) is 5.69. The topological polar surface area (TPSA) is 42.4 Å². The van der Waals surface area contributed by atoms with E-state index in [4.69, 9.17) is 4.74 Å². The molecule has 0 radical (unpaired) electrons. The molecule has 5 heteroatoms. The minimum absolute atomic E-state index is 0.169. The average Bonchev–Trinajstić information content (AvgIpc) is 2.41. The third-order valence-electron chi connectivity index (χ3n) is 3.30. The lowest BCUT2D eigenvalue weighted by molar-refractivity contribution is -0.142. The van der Waals surface area contributed by atoms with Gasteiger partial charge in [0.1, 0.15) is 11.9 Å². The van der Waals surface area contributed by atoms with Crippen molar-refractivity contribution in [2.24, 2.45) is 0 Å². The van der Waals surface area contributed by atoms with Crippen LogP contribution in [0.25, 0.3) is 0 Å². The largest absolute Gasteiger partial charge is 0.467 e. The van der Waals surface area contributed by atoms with Gasteiger partial charge in [0, 0.05) is 17.2 Å². The van der Waals surface area contributed by atoms with Crippen LogP contribution in [0.5, 0.6) is 0 Å². The molecule has 18 heavy (non-hydrogen) atoms. The van der Waals surface area contributed by atoms with Gasteiger partial charge in [-0.2, -0.15) is 0 Å². The van der Waals surface area contributed by atoms with E-state index in [-0.39, 0.29) is 12.0 Å². The summed E-state index contributed by atoms with van der Waals surface area (Å²) in [5, 5.41) is 0. The molecule has 0 amide bonds. The van der Waals surface area contributed by atoms with Crippen LogP contribution in [-0.4, -0.2) is 30.6 Å². The van der Waals surface area contributed by atoms with Gasteiger partial charge in [-0.15, -0.1) is 0 Å². The number of aryl methyl sites for hydroxylation is 1. The number of ether oxygens (including phenoxy) is 1. The molecule has 0 saturated carbocycles. The highest BCUT2D eigenvalue weighted by Crippen LogP contribution is 2.26. The van der Waals surface area contributed by atoms with Gasteiger partial charge in [0.2, 0.25) is 0 Å². The summed E-state index contributed by atoms with van der Waals surface area (Å²) in [6, 6.07) is 1.81. The van der Waals surface area contributed by atoms with Gasteiger partial charge in [-0.1, -0.05) is 0 Å². The maximum Gasteiger partial charge on any atom is 0.328 e. The molecule has 1 aliphatic heterocycles. The lowest BCUT2D eigenvalue weighted by Gasteiger charge is -2.34. The Morgan fingerprint density at radius 2 is 2.33 bits per heavy atom. The van der Waals surface area contributed by atoms with Crippen molar-refractivity contribution in [3.05, 3.63) is 22.3 Å². The molecule has 0 bridgehead atoms. The Bertz CT molecular complexity index is 451. The molecule has 4 nitrogen and oxygen atoms in total. The van der Waals surface area contributed by atoms with Crippen LogP contribution in [0.3, 0.4) is 0 Å². The lowest BCUT2D eigenvalue weighted by atomic mass is 10.0. The van der Waals surface area contributed by atoms with E-state index < -0.39 is 0 Å². The molecule has 1 unspecified atom stereocenters. The molecule has 1 aromatic heterocycles. The number of pyridine rings is 1. The van der Waals surface area contributed by atoms with E-state index >= 15 is 0 Å². The first-order chi connectivity index (χ1) is 8.63. The van der Waals surface area contributed by atoms with Gasteiger partial charge in [-0.3, -0.25) is 0 Å². The molecule has 2 heterocycles. The third-order valence-corrected chi connectivity index (χ3v) is 4.13. The van der Waals surface area contributed by atoms with E-state index in [1.807, 2.05) is 13.0 Å². The summed E-state index contributed by atoms with van der Waals surface area (Å²) in [5.74, 6) is 0.683. The summed E-state index contributed by atoms with van der Waals surface area (Å²) in [6.07, 6.45) is 4.77. The molecule has 0 N–H and O–H groups in total. The van der Waals surface area contributed by atoms with Gasteiger partial charge in [-0.25, -0.2) is 9.78 Å². The Morgan fingerprint density at radius 1 is 1.56 bits per heavy atom. The molecule has 1 aromatic rings. The monoisotopic (exact) mass is 312 g/mol. The third kappa shape index (κ3) is 2.66. The van der Waals surface area contributed by atoms with E-state index in [9.17, 15) is 4.79 Å². The first-order valence-corrected chi connectivity index (χ1v) is 6.89. The maximum absolute atomic E-state index is 11.8. The van der Waals surface area contributed by atoms with E-state index in [0.29, 0.717) is 0 Å². The highest BCUT2D eigenvalue weighted by atomic mass is 79.9. The van der Waals surface area contributed by atoms with Crippen LogP contribution >= 0.6 is 15.9 Å². The fourth-order valence-corrected chi connectivity index (χ4v) is 2.49. The minimum Gasteiger partial charge on any atom is -0.467 e. The Kier molecular flexibility index (Phi) is 4.22. The zero-order valence-electron chi connectivity index (χ0n) is 10.6. The minimum atomic E-state index is -0.197. The summed E-state index contributed by atoms with van der Waals surface area (Å²) in [5.41, 5.74) is 1.12. The second-order valence-electron chi connectivity index (χ2n) is 4.52. The molecule has 0 spiro atoms. The number of piperidine rings is 1. The predicted molar refractivity (Wildman–Crippen MR) is 73.7 cm³/mol. The number of carbonyl (C=O) groups is 1. The van der Waals surface area contributed by atoms with Gasteiger partial charge in [0.15, 0.2) is 0 Å². The van der Waals surface area contributed by atoms with Crippen LogP contribution in [0.15, 0.2) is 16.7 Å². The SMILES string of the molecule is COC(=O)C1CCCCN1c1cc(C)c(Br)cn1. The van der Waals surface area contributed by atoms with Crippen molar-refractivity contribution >= 4 is 27.7 Å². The number of methoxy groups -OCH3 is 1. The van der Waals surface area contributed by atoms with Crippen molar-refractivity contribution in [3.63, 3.8) is 0 Å². The molecule has 0 aromatic carbocycles. The number of hydrogen-bond donors (Lipinski definition) is 0. The quantitative estimate of drug-likeness (QED) is 0.787. The maximum atomic E-state index is 11.8. The first-order valence-electron chi connectivity index (χ1n) is 6.10. The van der Waals surface area contributed by atoms with Crippen LogP contribution in [0.2, 0.25) is 0 Å². The molecular formula is C13H17BrN2O2. The van der Waals surface area contributed by atoms with Crippen molar-refractivity contribution in [2.45, 2.75) is 32.2 Å². The molecule has 98 valence electrons.